The van der Waals surface area contributed by atoms with Crippen molar-refractivity contribution in [3.05, 3.63) is 0 Å². The molecule has 0 bridgehead atoms. The average molecular weight is 215 g/mol. The smallest absolute Gasteiger partial charge is 0.337 e. The van der Waals surface area contributed by atoms with Gasteiger partial charge in [-0.3, -0.25) is 4.79 Å². The molecule has 0 aliphatic heterocycles. The number of hydrogen-bond acceptors (Lipinski definition) is 4. The van der Waals surface area contributed by atoms with Gasteiger partial charge in [-0.1, -0.05) is 0 Å². The van der Waals surface area contributed by atoms with Crippen LogP contribution in [0.1, 0.15) is 33.6 Å². The van der Waals surface area contributed by atoms with Gasteiger partial charge in [-0.05, 0) is 20.8 Å². The van der Waals surface area contributed by atoms with Crippen molar-refractivity contribution in [3.63, 3.8) is 0 Å². The zero-order chi connectivity index (χ0) is 12.1. The van der Waals surface area contributed by atoms with Crippen molar-refractivity contribution in [3.8, 4) is 0 Å². The molecule has 0 aliphatic carbocycles. The molecule has 0 N–H and O–H groups in total. The number of nitrogens with zero attached hydrogens (tertiary/aromatic N) is 1. The van der Waals surface area contributed by atoms with Gasteiger partial charge in [-0.2, -0.15) is 5.06 Å². The van der Waals surface area contributed by atoms with E-state index in [1.165, 1.54) is 7.05 Å². The van der Waals surface area contributed by atoms with E-state index in [2.05, 4.69) is 0 Å². The summed E-state index contributed by atoms with van der Waals surface area (Å²) in [5.41, 5.74) is -0.654. The molecular formula is C10H17NO4. The standard InChI is InChI=1S/C10H17NO4/c1-10(2,3)9(14)15-11(4)8(13)6-5-7-12/h7H,5-6H2,1-4H3. The summed E-state index contributed by atoms with van der Waals surface area (Å²) >= 11 is 0. The summed E-state index contributed by atoms with van der Waals surface area (Å²) in [6.07, 6.45) is 0.838. The van der Waals surface area contributed by atoms with Gasteiger partial charge in [0.05, 0.1) is 5.41 Å². The van der Waals surface area contributed by atoms with Crippen molar-refractivity contribution in [1.82, 2.24) is 5.06 Å². The fraction of sp³-hybridized carbons (Fsp3) is 0.700. The van der Waals surface area contributed by atoms with Crippen LogP contribution in [-0.2, 0) is 19.2 Å². The highest BCUT2D eigenvalue weighted by molar-refractivity contribution is 5.80. The first-order valence-corrected chi connectivity index (χ1v) is 4.71. The number of hydroxylamine groups is 2. The van der Waals surface area contributed by atoms with Gasteiger partial charge in [0.1, 0.15) is 6.29 Å². The number of carbonyl (C=O) groups is 3. The normalized spacial score (nSPS) is 10.7. The minimum absolute atomic E-state index is 0.0530. The predicted molar refractivity (Wildman–Crippen MR) is 53.6 cm³/mol. The van der Waals surface area contributed by atoms with E-state index in [9.17, 15) is 14.4 Å². The van der Waals surface area contributed by atoms with E-state index in [-0.39, 0.29) is 18.7 Å². The van der Waals surface area contributed by atoms with Crippen molar-refractivity contribution in [2.24, 2.45) is 5.41 Å². The molecule has 0 aliphatic rings. The lowest BCUT2D eigenvalue weighted by Crippen LogP contribution is -2.34. The maximum absolute atomic E-state index is 11.4. The van der Waals surface area contributed by atoms with Gasteiger partial charge in [-0.15, -0.1) is 0 Å². The molecule has 0 fully saturated rings. The van der Waals surface area contributed by atoms with E-state index in [0.717, 1.165) is 5.06 Å². The van der Waals surface area contributed by atoms with E-state index in [4.69, 9.17) is 4.84 Å². The molecule has 0 aromatic heterocycles. The summed E-state index contributed by atoms with van der Waals surface area (Å²) in [7, 11) is 1.36. The molecule has 0 heterocycles. The van der Waals surface area contributed by atoms with E-state index in [1.54, 1.807) is 20.8 Å². The maximum atomic E-state index is 11.4. The van der Waals surface area contributed by atoms with E-state index >= 15 is 0 Å². The summed E-state index contributed by atoms with van der Waals surface area (Å²) in [6.45, 7) is 5.08. The van der Waals surface area contributed by atoms with Gasteiger partial charge < -0.3 is 9.63 Å². The molecule has 0 aromatic carbocycles. The molecule has 5 nitrogen and oxygen atoms in total. The van der Waals surface area contributed by atoms with Gasteiger partial charge in [0.25, 0.3) is 5.91 Å². The van der Waals surface area contributed by atoms with Crippen LogP contribution in [0.25, 0.3) is 0 Å². The Morgan fingerprint density at radius 3 is 2.27 bits per heavy atom. The third-order valence-electron chi connectivity index (χ3n) is 1.66. The minimum Gasteiger partial charge on any atom is -0.338 e. The Labute approximate surface area is 89.3 Å². The Balaban J connectivity index is 4.13. The number of rotatable bonds is 3. The summed E-state index contributed by atoms with van der Waals surface area (Å²) in [5, 5.41) is 0.872. The lowest BCUT2D eigenvalue weighted by molar-refractivity contribution is -0.199. The summed E-state index contributed by atoms with van der Waals surface area (Å²) in [5.74, 6) is -0.871. The van der Waals surface area contributed by atoms with Crippen LogP contribution in [0.2, 0.25) is 0 Å². The predicted octanol–water partition coefficient (Wildman–Crippen LogP) is 0.928. The lowest BCUT2D eigenvalue weighted by Gasteiger charge is -2.21. The van der Waals surface area contributed by atoms with Crippen LogP contribution >= 0.6 is 0 Å². The zero-order valence-electron chi connectivity index (χ0n) is 9.57. The molecule has 1 amide bonds. The summed E-state index contributed by atoms with van der Waals surface area (Å²) < 4.78 is 0. The van der Waals surface area contributed by atoms with Crippen LogP contribution in [0.5, 0.6) is 0 Å². The van der Waals surface area contributed by atoms with Gasteiger partial charge in [-0.25, -0.2) is 4.79 Å². The Kier molecular flexibility index (Phi) is 4.97. The first kappa shape index (κ1) is 13.6. The molecule has 15 heavy (non-hydrogen) atoms. The van der Waals surface area contributed by atoms with Gasteiger partial charge in [0, 0.05) is 19.9 Å². The fourth-order valence-electron chi connectivity index (χ4n) is 0.652. The fourth-order valence-corrected chi connectivity index (χ4v) is 0.652. The maximum Gasteiger partial charge on any atom is 0.337 e. The highest BCUT2D eigenvalue weighted by Gasteiger charge is 2.26. The quantitative estimate of drug-likeness (QED) is 0.519. The minimum atomic E-state index is -0.654. The Morgan fingerprint density at radius 2 is 1.87 bits per heavy atom. The third-order valence-corrected chi connectivity index (χ3v) is 1.66. The second kappa shape index (κ2) is 5.48. The summed E-state index contributed by atoms with van der Waals surface area (Å²) in [6, 6.07) is 0. The van der Waals surface area contributed by atoms with Gasteiger partial charge >= 0.3 is 5.97 Å². The molecule has 0 aromatic rings. The van der Waals surface area contributed by atoms with Crippen molar-refractivity contribution in [2.75, 3.05) is 7.05 Å². The zero-order valence-corrected chi connectivity index (χ0v) is 9.57. The molecule has 0 saturated heterocycles. The monoisotopic (exact) mass is 215 g/mol. The van der Waals surface area contributed by atoms with Crippen LogP contribution in [0.3, 0.4) is 0 Å². The van der Waals surface area contributed by atoms with Crippen LogP contribution in [0.4, 0.5) is 0 Å². The Bertz CT molecular complexity index is 255. The second-order valence-corrected chi connectivity index (χ2v) is 4.23. The largest absolute Gasteiger partial charge is 0.338 e. The van der Waals surface area contributed by atoms with Crippen molar-refractivity contribution >= 4 is 18.2 Å². The number of amides is 1. The topological polar surface area (TPSA) is 63.7 Å². The third kappa shape index (κ3) is 5.15. The Hall–Kier alpha value is -1.39. The van der Waals surface area contributed by atoms with E-state index in [0.29, 0.717) is 6.29 Å². The van der Waals surface area contributed by atoms with E-state index < -0.39 is 11.4 Å². The molecule has 0 atom stereocenters. The first-order valence-electron chi connectivity index (χ1n) is 4.71. The molecule has 86 valence electrons. The Morgan fingerprint density at radius 1 is 1.33 bits per heavy atom. The molecule has 5 heteroatoms. The molecule has 0 unspecified atom stereocenters. The molecular weight excluding hydrogens is 198 g/mol. The first-order chi connectivity index (χ1) is 6.79. The molecule has 0 spiro atoms. The van der Waals surface area contributed by atoms with Crippen LogP contribution in [-0.4, -0.2) is 30.3 Å². The lowest BCUT2D eigenvalue weighted by atomic mass is 9.98. The highest BCUT2D eigenvalue weighted by Crippen LogP contribution is 2.15. The van der Waals surface area contributed by atoms with Crippen molar-refractivity contribution in [2.45, 2.75) is 33.6 Å². The van der Waals surface area contributed by atoms with Crippen molar-refractivity contribution in [1.29, 1.82) is 0 Å². The average Bonchev–Trinajstić information content (AvgIpc) is 2.12. The molecule has 0 radical (unpaired) electrons. The SMILES string of the molecule is CN(OC(=O)C(C)(C)C)C(=O)CCC=O. The number of carbonyl (C=O) groups excluding carboxylic acids is 3. The van der Waals surface area contributed by atoms with Crippen LogP contribution < -0.4 is 0 Å². The highest BCUT2D eigenvalue weighted by atomic mass is 16.7. The van der Waals surface area contributed by atoms with Crippen LogP contribution in [0.15, 0.2) is 0 Å². The van der Waals surface area contributed by atoms with Gasteiger partial charge in [0.2, 0.25) is 0 Å². The van der Waals surface area contributed by atoms with Crippen LogP contribution in [0, 0.1) is 5.41 Å². The molecule has 0 saturated carbocycles. The molecule has 0 rings (SSSR count). The van der Waals surface area contributed by atoms with E-state index in [1.807, 2.05) is 0 Å². The summed E-state index contributed by atoms with van der Waals surface area (Å²) in [4.78, 5) is 37.5. The van der Waals surface area contributed by atoms with Gasteiger partial charge in [0.15, 0.2) is 0 Å². The number of hydrogen-bond donors (Lipinski definition) is 0. The van der Waals surface area contributed by atoms with Crippen molar-refractivity contribution < 1.29 is 19.2 Å². The number of aldehydes is 1. The second-order valence-electron chi connectivity index (χ2n) is 4.23.